The zero-order chi connectivity index (χ0) is 25.1. The molecule has 0 saturated heterocycles. The molecule has 0 radical (unpaired) electrons. The first-order valence-electron chi connectivity index (χ1n) is 14.3. The fraction of sp³-hybridized carbons (Fsp3) is 0.800. The monoisotopic (exact) mass is 478 g/mol. The molecule has 0 aromatic heterocycles. The Morgan fingerprint density at radius 2 is 1.18 bits per heavy atom. The van der Waals surface area contributed by atoms with Crippen molar-refractivity contribution in [2.24, 2.45) is 5.92 Å². The minimum absolute atomic E-state index is 0.0430. The van der Waals surface area contributed by atoms with Crippen LogP contribution in [0.1, 0.15) is 142 Å². The predicted octanol–water partition coefficient (Wildman–Crippen LogP) is 9.18. The van der Waals surface area contributed by atoms with Gasteiger partial charge in [-0.25, -0.2) is 0 Å². The molecule has 0 aromatic carbocycles. The average Bonchev–Trinajstić information content (AvgIpc) is 2.82. The molecule has 0 spiro atoms. The summed E-state index contributed by atoms with van der Waals surface area (Å²) in [6.45, 7) is 5.90. The summed E-state index contributed by atoms with van der Waals surface area (Å²) >= 11 is 0. The van der Waals surface area contributed by atoms with Crippen LogP contribution in [0.4, 0.5) is 0 Å². The quantitative estimate of drug-likeness (QED) is 0.0764. The normalized spacial score (nSPS) is 12.1. The van der Waals surface area contributed by atoms with Crippen molar-refractivity contribution in [2.45, 2.75) is 142 Å². The smallest absolute Gasteiger partial charge is 0.307 e. The van der Waals surface area contributed by atoms with Crippen molar-refractivity contribution in [3.63, 3.8) is 0 Å². The molecule has 0 saturated carbocycles. The van der Waals surface area contributed by atoms with E-state index in [4.69, 9.17) is 4.74 Å². The molecule has 0 bridgehead atoms. The van der Waals surface area contributed by atoms with E-state index in [2.05, 4.69) is 25.7 Å². The van der Waals surface area contributed by atoms with E-state index in [0.717, 1.165) is 19.3 Å². The highest BCUT2D eigenvalue weighted by Crippen LogP contribution is 2.17. The highest BCUT2D eigenvalue weighted by molar-refractivity contribution is 5.78. The van der Waals surface area contributed by atoms with Gasteiger partial charge in [0.05, 0.1) is 12.3 Å². The van der Waals surface area contributed by atoms with Crippen LogP contribution in [0.25, 0.3) is 0 Å². The van der Waals surface area contributed by atoms with Crippen LogP contribution in [0, 0.1) is 5.92 Å². The molecule has 198 valence electrons. The van der Waals surface area contributed by atoms with E-state index in [-0.39, 0.29) is 13.0 Å². The SMILES string of the molecule is C=CCOC(=O)CC(CCCCCCCCCCCCC/C=C/CCCCCCCC)C(=O)O. The molecule has 0 aliphatic heterocycles. The molecule has 0 aliphatic carbocycles. The molecule has 0 fully saturated rings. The first-order chi connectivity index (χ1) is 16.6. The van der Waals surface area contributed by atoms with Gasteiger partial charge in [0, 0.05) is 0 Å². The first-order valence-corrected chi connectivity index (χ1v) is 14.3. The van der Waals surface area contributed by atoms with Crippen LogP contribution in [0.15, 0.2) is 24.8 Å². The number of rotatable bonds is 26. The summed E-state index contributed by atoms with van der Waals surface area (Å²) in [7, 11) is 0. The van der Waals surface area contributed by atoms with Gasteiger partial charge in [-0.15, -0.1) is 0 Å². The number of hydrogen-bond acceptors (Lipinski definition) is 3. The average molecular weight is 479 g/mol. The van der Waals surface area contributed by atoms with Gasteiger partial charge >= 0.3 is 11.9 Å². The number of unbranched alkanes of at least 4 members (excludes halogenated alkanes) is 17. The van der Waals surface area contributed by atoms with Crippen molar-refractivity contribution in [1.29, 1.82) is 0 Å². The van der Waals surface area contributed by atoms with E-state index < -0.39 is 17.9 Å². The minimum atomic E-state index is -0.903. The van der Waals surface area contributed by atoms with Gasteiger partial charge in [-0.05, 0) is 32.1 Å². The third-order valence-corrected chi connectivity index (χ3v) is 6.44. The predicted molar refractivity (Wildman–Crippen MR) is 144 cm³/mol. The van der Waals surface area contributed by atoms with Gasteiger partial charge in [0.2, 0.25) is 0 Å². The van der Waals surface area contributed by atoms with Crippen molar-refractivity contribution >= 4 is 11.9 Å². The van der Waals surface area contributed by atoms with Crippen LogP contribution in [0.2, 0.25) is 0 Å². The van der Waals surface area contributed by atoms with Crippen molar-refractivity contribution in [3.8, 4) is 0 Å². The molecule has 4 nitrogen and oxygen atoms in total. The van der Waals surface area contributed by atoms with E-state index in [1.54, 1.807) is 0 Å². The van der Waals surface area contributed by atoms with E-state index in [1.807, 2.05) is 0 Å². The lowest BCUT2D eigenvalue weighted by Crippen LogP contribution is -2.19. The van der Waals surface area contributed by atoms with Crippen LogP contribution in [0.3, 0.4) is 0 Å². The molecule has 0 heterocycles. The van der Waals surface area contributed by atoms with Crippen LogP contribution in [-0.2, 0) is 14.3 Å². The Morgan fingerprint density at radius 1 is 0.735 bits per heavy atom. The maximum absolute atomic E-state index is 11.6. The Balaban J connectivity index is 3.39. The Morgan fingerprint density at radius 3 is 1.62 bits per heavy atom. The maximum Gasteiger partial charge on any atom is 0.307 e. The lowest BCUT2D eigenvalue weighted by molar-refractivity contribution is -0.151. The topological polar surface area (TPSA) is 63.6 Å². The van der Waals surface area contributed by atoms with Gasteiger partial charge in [-0.3, -0.25) is 9.59 Å². The number of hydrogen-bond donors (Lipinski definition) is 1. The molecule has 1 N–H and O–H groups in total. The van der Waals surface area contributed by atoms with Crippen molar-refractivity contribution in [1.82, 2.24) is 0 Å². The van der Waals surface area contributed by atoms with Crippen LogP contribution >= 0.6 is 0 Å². The Bertz CT molecular complexity index is 512. The Hall–Kier alpha value is -1.58. The fourth-order valence-corrected chi connectivity index (χ4v) is 4.25. The minimum Gasteiger partial charge on any atom is -0.481 e. The van der Waals surface area contributed by atoms with Crippen molar-refractivity contribution in [2.75, 3.05) is 6.61 Å². The van der Waals surface area contributed by atoms with Gasteiger partial charge in [-0.1, -0.05) is 128 Å². The summed E-state index contributed by atoms with van der Waals surface area (Å²) in [5.74, 6) is -1.99. The highest BCUT2D eigenvalue weighted by Gasteiger charge is 2.21. The number of carbonyl (C=O) groups is 2. The van der Waals surface area contributed by atoms with E-state index >= 15 is 0 Å². The maximum atomic E-state index is 11.6. The molecule has 4 heteroatoms. The molecule has 0 rings (SSSR count). The van der Waals surface area contributed by atoms with Crippen LogP contribution in [0.5, 0.6) is 0 Å². The largest absolute Gasteiger partial charge is 0.481 e. The van der Waals surface area contributed by atoms with E-state index in [1.165, 1.54) is 109 Å². The number of aliphatic carboxylic acids is 1. The van der Waals surface area contributed by atoms with Crippen molar-refractivity contribution < 1.29 is 19.4 Å². The lowest BCUT2D eigenvalue weighted by Gasteiger charge is -2.11. The van der Waals surface area contributed by atoms with Gasteiger partial charge in [-0.2, -0.15) is 0 Å². The zero-order valence-electron chi connectivity index (χ0n) is 22.2. The van der Waals surface area contributed by atoms with Gasteiger partial charge in [0.25, 0.3) is 0 Å². The second-order valence-electron chi connectivity index (χ2n) is 9.71. The number of allylic oxidation sites excluding steroid dienone is 2. The third-order valence-electron chi connectivity index (χ3n) is 6.44. The number of carboxylic acids is 1. The summed E-state index contributed by atoms with van der Waals surface area (Å²) in [6.07, 6.45) is 31.2. The number of carbonyl (C=O) groups excluding carboxylic acids is 1. The van der Waals surface area contributed by atoms with E-state index in [9.17, 15) is 14.7 Å². The number of carboxylic acid groups (broad SMARTS) is 1. The second-order valence-corrected chi connectivity index (χ2v) is 9.71. The summed E-state index contributed by atoms with van der Waals surface area (Å²) in [6, 6.07) is 0. The van der Waals surface area contributed by atoms with Crippen LogP contribution < -0.4 is 0 Å². The zero-order valence-corrected chi connectivity index (χ0v) is 22.2. The van der Waals surface area contributed by atoms with Crippen LogP contribution in [-0.4, -0.2) is 23.7 Å². The van der Waals surface area contributed by atoms with Gasteiger partial charge in [0.15, 0.2) is 0 Å². The summed E-state index contributed by atoms with van der Waals surface area (Å²) in [4.78, 5) is 22.9. The number of ether oxygens (including phenoxy) is 1. The van der Waals surface area contributed by atoms with E-state index in [0.29, 0.717) is 6.42 Å². The van der Waals surface area contributed by atoms with Gasteiger partial charge < -0.3 is 9.84 Å². The molecule has 1 atom stereocenters. The second kappa shape index (κ2) is 26.0. The fourth-order valence-electron chi connectivity index (χ4n) is 4.25. The standard InChI is InChI=1S/C30H54O4/c1-3-5-6-7-8-9-10-11-12-13-14-15-16-17-18-19-20-21-22-23-24-25-28(30(32)33)27-29(31)34-26-4-2/h4,11-12,28H,2-3,5-10,13-27H2,1H3,(H,32,33)/b12-11+. The molecule has 1 unspecified atom stereocenters. The van der Waals surface area contributed by atoms with Crippen molar-refractivity contribution in [3.05, 3.63) is 24.8 Å². The Kier molecular flexibility index (Phi) is 24.8. The molecule has 0 aromatic rings. The highest BCUT2D eigenvalue weighted by atomic mass is 16.5. The summed E-state index contributed by atoms with van der Waals surface area (Å²) in [5, 5.41) is 9.28. The molecule has 0 aliphatic rings. The molecular weight excluding hydrogens is 424 g/mol. The first kappa shape index (κ1) is 32.4. The molecule has 34 heavy (non-hydrogen) atoms. The number of esters is 1. The summed E-state index contributed by atoms with van der Waals surface area (Å²) in [5.41, 5.74) is 0. The third kappa shape index (κ3) is 23.6. The molecular formula is C30H54O4. The molecule has 0 amide bonds. The Labute approximate surface area is 210 Å². The lowest BCUT2D eigenvalue weighted by atomic mass is 9.97. The van der Waals surface area contributed by atoms with Gasteiger partial charge in [0.1, 0.15) is 6.61 Å². The summed E-state index contributed by atoms with van der Waals surface area (Å²) < 4.78 is 4.90.